The fourth-order valence-electron chi connectivity index (χ4n) is 1.38. The van der Waals surface area contributed by atoms with Crippen molar-refractivity contribution >= 4 is 0 Å². The van der Waals surface area contributed by atoms with Crippen LogP contribution in [-0.4, -0.2) is 13.2 Å². The molecule has 2 aliphatic rings. The maximum Gasteiger partial charge on any atom is 0.156 e. The molecule has 2 rings (SSSR count). The zero-order valence-corrected chi connectivity index (χ0v) is 6.67. The predicted molar refractivity (Wildman–Crippen MR) is 41.9 cm³/mol. The van der Waals surface area contributed by atoms with Crippen molar-refractivity contribution in [2.45, 2.75) is 13.3 Å². The van der Waals surface area contributed by atoms with Gasteiger partial charge >= 0.3 is 0 Å². The van der Waals surface area contributed by atoms with Crippen LogP contribution in [0.2, 0.25) is 0 Å². The van der Waals surface area contributed by atoms with Crippen molar-refractivity contribution in [1.29, 1.82) is 0 Å². The Morgan fingerprint density at radius 2 is 2.18 bits per heavy atom. The Morgan fingerprint density at radius 1 is 1.36 bits per heavy atom. The molecule has 0 N–H and O–H groups in total. The van der Waals surface area contributed by atoms with Crippen molar-refractivity contribution in [3.8, 4) is 0 Å². The van der Waals surface area contributed by atoms with E-state index in [2.05, 4.69) is 13.0 Å². The Hall–Kier alpha value is -0.920. The van der Waals surface area contributed by atoms with Gasteiger partial charge in [0, 0.05) is 6.42 Å². The Balaban J connectivity index is 2.20. The Labute approximate surface area is 66.5 Å². The first-order chi connectivity index (χ1) is 5.36. The van der Waals surface area contributed by atoms with Crippen molar-refractivity contribution in [2.24, 2.45) is 5.92 Å². The molecule has 0 spiro atoms. The normalized spacial score (nSPS) is 29.0. The summed E-state index contributed by atoms with van der Waals surface area (Å²) in [6.45, 7) is 3.58. The van der Waals surface area contributed by atoms with Gasteiger partial charge in [-0.25, -0.2) is 0 Å². The van der Waals surface area contributed by atoms with E-state index in [1.807, 2.05) is 6.08 Å². The third-order valence-corrected chi connectivity index (χ3v) is 1.98. The van der Waals surface area contributed by atoms with Gasteiger partial charge in [0.15, 0.2) is 5.76 Å². The highest BCUT2D eigenvalue weighted by Crippen LogP contribution is 2.26. The number of hydrogen-bond donors (Lipinski definition) is 0. The fraction of sp³-hybridized carbons (Fsp3) is 0.556. The molecule has 1 aliphatic heterocycles. The van der Waals surface area contributed by atoms with E-state index in [4.69, 9.17) is 9.47 Å². The monoisotopic (exact) mass is 152 g/mol. The van der Waals surface area contributed by atoms with E-state index >= 15 is 0 Å². The first kappa shape index (κ1) is 6.77. The quantitative estimate of drug-likeness (QED) is 0.527. The molecular formula is C9H12O2. The number of allylic oxidation sites excluding steroid dienone is 3. The molecule has 0 fully saturated rings. The van der Waals surface area contributed by atoms with Gasteiger partial charge in [-0.2, -0.15) is 0 Å². The summed E-state index contributed by atoms with van der Waals surface area (Å²) in [5.41, 5.74) is 0. The third-order valence-electron chi connectivity index (χ3n) is 1.98. The molecule has 0 aromatic rings. The molecule has 0 saturated heterocycles. The maximum absolute atomic E-state index is 5.46. The van der Waals surface area contributed by atoms with Gasteiger partial charge in [0.1, 0.15) is 19.0 Å². The minimum Gasteiger partial charge on any atom is -0.490 e. The van der Waals surface area contributed by atoms with Gasteiger partial charge in [0.05, 0.1) is 0 Å². The van der Waals surface area contributed by atoms with E-state index in [1.54, 1.807) is 0 Å². The van der Waals surface area contributed by atoms with E-state index in [0.717, 1.165) is 17.9 Å². The molecule has 1 atom stereocenters. The van der Waals surface area contributed by atoms with Crippen LogP contribution < -0.4 is 0 Å². The second kappa shape index (κ2) is 2.61. The SMILES string of the molecule is CC1C=CC2=C(C1)OCCO2. The summed E-state index contributed by atoms with van der Waals surface area (Å²) in [5, 5.41) is 0. The van der Waals surface area contributed by atoms with Crippen LogP contribution in [0, 0.1) is 5.92 Å². The molecule has 0 saturated carbocycles. The highest BCUT2D eigenvalue weighted by atomic mass is 16.6. The van der Waals surface area contributed by atoms with Crippen molar-refractivity contribution in [3.05, 3.63) is 23.7 Å². The standard InChI is InChI=1S/C9H12O2/c1-7-2-3-8-9(6-7)11-5-4-10-8/h2-3,7H,4-6H2,1H3. The molecule has 60 valence electrons. The molecule has 0 aromatic carbocycles. The third kappa shape index (κ3) is 1.25. The van der Waals surface area contributed by atoms with Gasteiger partial charge in [-0.05, 0) is 12.0 Å². The molecular weight excluding hydrogens is 140 g/mol. The number of hydrogen-bond acceptors (Lipinski definition) is 2. The molecule has 2 nitrogen and oxygen atoms in total. The summed E-state index contributed by atoms with van der Waals surface area (Å²) in [6.07, 6.45) is 5.17. The topological polar surface area (TPSA) is 18.5 Å². The van der Waals surface area contributed by atoms with Crippen LogP contribution in [0.15, 0.2) is 23.7 Å². The maximum atomic E-state index is 5.46. The highest BCUT2D eigenvalue weighted by molar-refractivity contribution is 5.23. The molecule has 0 bridgehead atoms. The summed E-state index contributed by atoms with van der Waals surface area (Å²) in [7, 11) is 0. The molecule has 2 heteroatoms. The molecule has 0 amide bonds. The number of rotatable bonds is 0. The lowest BCUT2D eigenvalue weighted by molar-refractivity contribution is 0.0600. The summed E-state index contributed by atoms with van der Waals surface area (Å²) < 4.78 is 10.9. The zero-order chi connectivity index (χ0) is 7.68. The van der Waals surface area contributed by atoms with Crippen molar-refractivity contribution in [3.63, 3.8) is 0 Å². The summed E-state index contributed by atoms with van der Waals surface area (Å²) in [6, 6.07) is 0. The second-order valence-corrected chi connectivity index (χ2v) is 3.02. The second-order valence-electron chi connectivity index (χ2n) is 3.02. The van der Waals surface area contributed by atoms with Gasteiger partial charge in [-0.3, -0.25) is 0 Å². The Morgan fingerprint density at radius 3 is 3.09 bits per heavy atom. The van der Waals surface area contributed by atoms with Crippen LogP contribution in [0.4, 0.5) is 0 Å². The molecule has 1 aliphatic carbocycles. The highest BCUT2D eigenvalue weighted by Gasteiger charge is 2.18. The van der Waals surface area contributed by atoms with E-state index in [1.165, 1.54) is 0 Å². The van der Waals surface area contributed by atoms with Crippen LogP contribution in [-0.2, 0) is 9.47 Å². The van der Waals surface area contributed by atoms with Crippen molar-refractivity contribution < 1.29 is 9.47 Å². The van der Waals surface area contributed by atoms with E-state index in [-0.39, 0.29) is 0 Å². The van der Waals surface area contributed by atoms with Crippen molar-refractivity contribution in [1.82, 2.24) is 0 Å². The van der Waals surface area contributed by atoms with E-state index in [0.29, 0.717) is 19.1 Å². The Kier molecular flexibility index (Phi) is 1.60. The van der Waals surface area contributed by atoms with Crippen LogP contribution in [0.25, 0.3) is 0 Å². The van der Waals surface area contributed by atoms with Crippen LogP contribution in [0.3, 0.4) is 0 Å². The van der Waals surface area contributed by atoms with Gasteiger partial charge in [-0.1, -0.05) is 13.0 Å². The number of ether oxygens (including phenoxy) is 2. The lowest BCUT2D eigenvalue weighted by Crippen LogP contribution is -2.16. The molecule has 11 heavy (non-hydrogen) atoms. The van der Waals surface area contributed by atoms with Crippen LogP contribution in [0.5, 0.6) is 0 Å². The minimum absolute atomic E-state index is 0.593. The zero-order valence-electron chi connectivity index (χ0n) is 6.67. The molecule has 0 aromatic heterocycles. The van der Waals surface area contributed by atoms with Crippen LogP contribution >= 0.6 is 0 Å². The van der Waals surface area contributed by atoms with E-state index < -0.39 is 0 Å². The first-order valence-corrected chi connectivity index (χ1v) is 4.03. The first-order valence-electron chi connectivity index (χ1n) is 4.03. The van der Waals surface area contributed by atoms with Crippen molar-refractivity contribution in [2.75, 3.05) is 13.2 Å². The van der Waals surface area contributed by atoms with Gasteiger partial charge in [0.2, 0.25) is 0 Å². The average Bonchev–Trinajstić information content (AvgIpc) is 2.04. The predicted octanol–water partition coefficient (Wildman–Crippen LogP) is 1.84. The lowest BCUT2D eigenvalue weighted by Gasteiger charge is -2.24. The lowest BCUT2D eigenvalue weighted by atomic mass is 10.0. The smallest absolute Gasteiger partial charge is 0.156 e. The molecule has 1 unspecified atom stereocenters. The van der Waals surface area contributed by atoms with Gasteiger partial charge in [0.25, 0.3) is 0 Å². The van der Waals surface area contributed by atoms with Gasteiger partial charge < -0.3 is 9.47 Å². The largest absolute Gasteiger partial charge is 0.490 e. The van der Waals surface area contributed by atoms with Gasteiger partial charge in [-0.15, -0.1) is 0 Å². The average molecular weight is 152 g/mol. The summed E-state index contributed by atoms with van der Waals surface area (Å²) in [4.78, 5) is 0. The van der Waals surface area contributed by atoms with Crippen LogP contribution in [0.1, 0.15) is 13.3 Å². The molecule has 1 heterocycles. The summed E-state index contributed by atoms with van der Waals surface area (Å²) in [5.74, 6) is 2.57. The van der Waals surface area contributed by atoms with E-state index in [9.17, 15) is 0 Å². The fourth-order valence-corrected chi connectivity index (χ4v) is 1.38. The molecule has 0 radical (unpaired) electrons. The summed E-state index contributed by atoms with van der Waals surface area (Å²) >= 11 is 0. The Bertz CT molecular complexity index is 216. The minimum atomic E-state index is 0.593.